The van der Waals surface area contributed by atoms with E-state index in [0.717, 1.165) is 5.56 Å². The molecule has 0 aromatic heterocycles. The molecule has 122 valence electrons. The van der Waals surface area contributed by atoms with Crippen LogP contribution in [0.5, 0.6) is 11.5 Å². The minimum absolute atomic E-state index is 0.227. The van der Waals surface area contributed by atoms with E-state index >= 15 is 0 Å². The second-order valence-corrected chi connectivity index (χ2v) is 7.64. The van der Waals surface area contributed by atoms with Crippen LogP contribution >= 0.6 is 0 Å². The molecule has 5 nitrogen and oxygen atoms in total. The quantitative estimate of drug-likeness (QED) is 0.862. The molecule has 1 aliphatic rings. The molecule has 0 fully saturated rings. The van der Waals surface area contributed by atoms with E-state index in [1.165, 1.54) is 4.31 Å². The Hall–Kier alpha value is -2.05. The van der Waals surface area contributed by atoms with E-state index in [1.54, 1.807) is 31.3 Å². The van der Waals surface area contributed by atoms with Crippen molar-refractivity contribution in [3.05, 3.63) is 54.1 Å². The van der Waals surface area contributed by atoms with E-state index in [4.69, 9.17) is 9.47 Å². The van der Waals surface area contributed by atoms with E-state index < -0.39 is 10.0 Å². The van der Waals surface area contributed by atoms with Crippen molar-refractivity contribution in [2.45, 2.75) is 17.9 Å². The first kappa shape index (κ1) is 15.8. The molecule has 1 aliphatic heterocycles. The number of likely N-dealkylation sites (N-methyl/N-ethyl adjacent to an activating group) is 1. The van der Waals surface area contributed by atoms with Crippen molar-refractivity contribution in [2.75, 3.05) is 20.2 Å². The summed E-state index contributed by atoms with van der Waals surface area (Å²) >= 11 is 0. The van der Waals surface area contributed by atoms with Crippen LogP contribution in [-0.4, -0.2) is 39.0 Å². The largest absolute Gasteiger partial charge is 0.486 e. The summed E-state index contributed by atoms with van der Waals surface area (Å²) in [6.45, 7) is 2.47. The number of hydrogen-bond acceptors (Lipinski definition) is 4. The lowest BCUT2D eigenvalue weighted by Crippen LogP contribution is -2.41. The van der Waals surface area contributed by atoms with Crippen molar-refractivity contribution in [3.8, 4) is 11.5 Å². The zero-order chi connectivity index (χ0) is 16.4. The average Bonchev–Trinajstić information content (AvgIpc) is 2.55. The Morgan fingerprint density at radius 3 is 2.43 bits per heavy atom. The Morgan fingerprint density at radius 1 is 1.09 bits per heavy atom. The van der Waals surface area contributed by atoms with Gasteiger partial charge in [0, 0.05) is 7.05 Å². The molecule has 23 heavy (non-hydrogen) atoms. The van der Waals surface area contributed by atoms with Gasteiger partial charge in [0.2, 0.25) is 10.0 Å². The van der Waals surface area contributed by atoms with E-state index in [2.05, 4.69) is 0 Å². The lowest BCUT2D eigenvalue weighted by molar-refractivity contribution is 0.0798. The number of rotatable bonds is 4. The smallest absolute Gasteiger partial charge is 0.242 e. The van der Waals surface area contributed by atoms with Crippen molar-refractivity contribution < 1.29 is 17.9 Å². The Labute approximate surface area is 136 Å². The highest BCUT2D eigenvalue weighted by Gasteiger charge is 2.27. The third kappa shape index (κ3) is 3.33. The Bertz CT molecular complexity index is 786. The topological polar surface area (TPSA) is 55.8 Å². The molecule has 3 rings (SSSR count). The highest BCUT2D eigenvalue weighted by molar-refractivity contribution is 7.89. The van der Waals surface area contributed by atoms with Gasteiger partial charge < -0.3 is 9.47 Å². The number of sulfonamides is 1. The van der Waals surface area contributed by atoms with Gasteiger partial charge in [-0.25, -0.2) is 8.42 Å². The van der Waals surface area contributed by atoms with Gasteiger partial charge in [0.25, 0.3) is 0 Å². The van der Waals surface area contributed by atoms with Crippen molar-refractivity contribution in [1.82, 2.24) is 4.31 Å². The van der Waals surface area contributed by atoms with Crippen LogP contribution in [0.1, 0.15) is 5.56 Å². The summed E-state index contributed by atoms with van der Waals surface area (Å²) in [5.41, 5.74) is 1.02. The van der Waals surface area contributed by atoms with Crippen molar-refractivity contribution >= 4 is 10.0 Å². The third-order valence-corrected chi connectivity index (χ3v) is 5.60. The van der Waals surface area contributed by atoms with Gasteiger partial charge in [-0.15, -0.1) is 0 Å². The van der Waals surface area contributed by atoms with Gasteiger partial charge in [0.05, 0.1) is 11.4 Å². The lowest BCUT2D eigenvalue weighted by Gasteiger charge is -2.29. The maximum absolute atomic E-state index is 12.6. The number of aryl methyl sites for hydroxylation is 1. The number of fused-ring (bicyclic) bond motifs is 1. The Kier molecular flexibility index (Phi) is 4.28. The number of benzene rings is 2. The summed E-state index contributed by atoms with van der Waals surface area (Å²) in [6.07, 6.45) is -0.338. The van der Waals surface area contributed by atoms with Gasteiger partial charge >= 0.3 is 0 Å². The predicted octanol–water partition coefficient (Wildman–Crippen LogP) is 2.46. The molecule has 0 spiro atoms. The fraction of sp³-hybridized carbons (Fsp3) is 0.294. The van der Waals surface area contributed by atoms with Crippen LogP contribution in [0.2, 0.25) is 0 Å². The van der Waals surface area contributed by atoms with Gasteiger partial charge in [0.15, 0.2) is 11.5 Å². The molecule has 2 aromatic carbocycles. The average molecular weight is 333 g/mol. The fourth-order valence-corrected chi connectivity index (χ4v) is 3.63. The number of ether oxygens (including phenoxy) is 2. The van der Waals surface area contributed by atoms with Gasteiger partial charge in [-0.3, -0.25) is 0 Å². The zero-order valence-electron chi connectivity index (χ0n) is 13.1. The normalized spacial score (nSPS) is 17.3. The highest BCUT2D eigenvalue weighted by Crippen LogP contribution is 2.31. The van der Waals surface area contributed by atoms with Gasteiger partial charge in [-0.1, -0.05) is 29.8 Å². The van der Waals surface area contributed by atoms with Crippen LogP contribution in [0.25, 0.3) is 0 Å². The summed E-state index contributed by atoms with van der Waals surface area (Å²) in [5, 5.41) is 0. The van der Waals surface area contributed by atoms with E-state index in [-0.39, 0.29) is 17.5 Å². The molecule has 0 N–H and O–H groups in total. The molecule has 2 aromatic rings. The van der Waals surface area contributed by atoms with Gasteiger partial charge in [-0.2, -0.15) is 4.31 Å². The van der Waals surface area contributed by atoms with Crippen LogP contribution < -0.4 is 9.47 Å². The minimum atomic E-state index is -3.53. The van der Waals surface area contributed by atoms with Crippen LogP contribution in [0.3, 0.4) is 0 Å². The standard InChI is InChI=1S/C17H19NO4S/c1-13-7-9-15(10-8-13)23(19,20)18(2)11-14-12-21-16-5-3-4-6-17(16)22-14/h3-10,14H,11-12H2,1-2H3/t14-/m1/s1. The van der Waals surface area contributed by atoms with Crippen molar-refractivity contribution in [1.29, 1.82) is 0 Å². The molecule has 0 unspecified atom stereocenters. The van der Waals surface area contributed by atoms with E-state index in [9.17, 15) is 8.42 Å². The number of para-hydroxylation sites is 2. The maximum Gasteiger partial charge on any atom is 0.242 e. The SMILES string of the molecule is Cc1ccc(S(=O)(=O)N(C)C[C@@H]2COc3ccccc3O2)cc1. The lowest BCUT2D eigenvalue weighted by atomic mass is 10.2. The summed E-state index contributed by atoms with van der Waals surface area (Å²) < 4.78 is 37.9. The zero-order valence-corrected chi connectivity index (χ0v) is 13.9. The van der Waals surface area contributed by atoms with E-state index in [1.807, 2.05) is 31.2 Å². The molecular formula is C17H19NO4S. The van der Waals surface area contributed by atoms with Crippen molar-refractivity contribution in [2.24, 2.45) is 0 Å². The molecule has 6 heteroatoms. The van der Waals surface area contributed by atoms with Crippen LogP contribution in [-0.2, 0) is 10.0 Å². The second-order valence-electron chi connectivity index (χ2n) is 5.60. The monoisotopic (exact) mass is 333 g/mol. The first-order valence-corrected chi connectivity index (χ1v) is 8.82. The number of hydrogen-bond donors (Lipinski definition) is 0. The van der Waals surface area contributed by atoms with Gasteiger partial charge in [0.1, 0.15) is 12.7 Å². The first-order chi connectivity index (χ1) is 11.0. The molecule has 0 radical (unpaired) electrons. The van der Waals surface area contributed by atoms with E-state index in [0.29, 0.717) is 18.1 Å². The van der Waals surface area contributed by atoms with Gasteiger partial charge in [-0.05, 0) is 31.2 Å². The Balaban J connectivity index is 1.72. The highest BCUT2D eigenvalue weighted by atomic mass is 32.2. The van der Waals surface area contributed by atoms with Crippen LogP contribution in [0.4, 0.5) is 0 Å². The molecule has 0 amide bonds. The summed E-state index contributed by atoms with van der Waals surface area (Å²) in [6, 6.07) is 14.2. The molecular weight excluding hydrogens is 314 g/mol. The van der Waals surface area contributed by atoms with Crippen LogP contribution in [0, 0.1) is 6.92 Å². The first-order valence-electron chi connectivity index (χ1n) is 7.38. The molecule has 1 atom stereocenters. The third-order valence-electron chi connectivity index (χ3n) is 3.76. The maximum atomic E-state index is 12.6. The molecule has 0 saturated carbocycles. The molecule has 0 aliphatic carbocycles. The number of nitrogens with zero attached hydrogens (tertiary/aromatic N) is 1. The molecule has 0 bridgehead atoms. The Morgan fingerprint density at radius 2 is 1.74 bits per heavy atom. The second kappa shape index (κ2) is 6.22. The van der Waals surface area contributed by atoms with Crippen molar-refractivity contribution in [3.63, 3.8) is 0 Å². The molecule has 0 saturated heterocycles. The molecule has 1 heterocycles. The minimum Gasteiger partial charge on any atom is -0.486 e. The summed E-state index contributed by atoms with van der Waals surface area (Å²) in [5.74, 6) is 1.33. The summed E-state index contributed by atoms with van der Waals surface area (Å²) in [7, 11) is -1.98. The predicted molar refractivity (Wildman–Crippen MR) is 87.3 cm³/mol. The summed E-state index contributed by atoms with van der Waals surface area (Å²) in [4.78, 5) is 0.280. The fourth-order valence-electron chi connectivity index (χ4n) is 2.43. The van der Waals surface area contributed by atoms with Crippen LogP contribution in [0.15, 0.2) is 53.4 Å².